The highest BCUT2D eigenvalue weighted by molar-refractivity contribution is 5.92. The van der Waals surface area contributed by atoms with E-state index in [9.17, 15) is 9.90 Å². The molecule has 2 aromatic rings. The third kappa shape index (κ3) is 3.89. The minimum Gasteiger partial charge on any atom is -0.504 e. The number of benzene rings is 1. The summed E-state index contributed by atoms with van der Waals surface area (Å²) in [6.45, 7) is 3.41. The van der Waals surface area contributed by atoms with Crippen LogP contribution in [0.1, 0.15) is 22.5 Å². The van der Waals surface area contributed by atoms with E-state index < -0.39 is 0 Å². The van der Waals surface area contributed by atoms with Crippen molar-refractivity contribution in [3.8, 4) is 11.5 Å². The molecule has 1 aliphatic heterocycles. The molecule has 0 bridgehead atoms. The van der Waals surface area contributed by atoms with Crippen molar-refractivity contribution in [3.05, 3.63) is 47.8 Å². The predicted molar refractivity (Wildman–Crippen MR) is 91.2 cm³/mol. The summed E-state index contributed by atoms with van der Waals surface area (Å²) in [5.74, 6) is 1.06. The highest BCUT2D eigenvalue weighted by Crippen LogP contribution is 2.27. The van der Waals surface area contributed by atoms with Crippen molar-refractivity contribution in [2.75, 3.05) is 26.7 Å². The molecule has 128 valence electrons. The van der Waals surface area contributed by atoms with Gasteiger partial charge in [-0.2, -0.15) is 0 Å². The lowest BCUT2D eigenvalue weighted by Gasteiger charge is -2.17. The van der Waals surface area contributed by atoms with Gasteiger partial charge in [0.05, 0.1) is 7.11 Å². The Morgan fingerprint density at radius 2 is 2.33 bits per heavy atom. The number of likely N-dealkylation sites (tertiary alicyclic amines) is 1. The summed E-state index contributed by atoms with van der Waals surface area (Å²) in [5, 5.41) is 12.8. The number of H-pyrrole nitrogens is 1. The summed E-state index contributed by atoms with van der Waals surface area (Å²) in [5.41, 5.74) is 1.66. The molecule has 0 aliphatic carbocycles. The number of nitrogens with one attached hydrogen (secondary N) is 2. The van der Waals surface area contributed by atoms with Crippen LogP contribution >= 0.6 is 0 Å². The van der Waals surface area contributed by atoms with Crippen LogP contribution < -0.4 is 10.1 Å². The maximum atomic E-state index is 11.9. The number of methoxy groups -OCH3 is 1. The highest BCUT2D eigenvalue weighted by Gasteiger charge is 2.23. The fraction of sp³-hybridized carbons (Fsp3) is 0.389. The van der Waals surface area contributed by atoms with Crippen molar-refractivity contribution >= 4 is 5.91 Å². The molecule has 0 saturated carbocycles. The second kappa shape index (κ2) is 7.40. The molecule has 1 aromatic carbocycles. The summed E-state index contributed by atoms with van der Waals surface area (Å²) >= 11 is 0. The Morgan fingerprint density at radius 3 is 3.04 bits per heavy atom. The number of aromatic amines is 1. The Labute approximate surface area is 141 Å². The van der Waals surface area contributed by atoms with Crippen LogP contribution in [0.3, 0.4) is 0 Å². The van der Waals surface area contributed by atoms with E-state index >= 15 is 0 Å². The minimum absolute atomic E-state index is 0.0569. The van der Waals surface area contributed by atoms with Crippen LogP contribution in [-0.2, 0) is 6.54 Å². The second-order valence-electron chi connectivity index (χ2n) is 6.19. The van der Waals surface area contributed by atoms with Gasteiger partial charge in [0.1, 0.15) is 5.69 Å². The molecule has 0 unspecified atom stereocenters. The Bertz CT molecular complexity index is 685. The van der Waals surface area contributed by atoms with Crippen LogP contribution in [0.25, 0.3) is 0 Å². The number of phenols is 1. The van der Waals surface area contributed by atoms with Crippen molar-refractivity contribution in [1.82, 2.24) is 15.2 Å². The van der Waals surface area contributed by atoms with E-state index in [1.54, 1.807) is 31.5 Å². The van der Waals surface area contributed by atoms with Crippen molar-refractivity contribution in [2.45, 2.75) is 13.0 Å². The van der Waals surface area contributed by atoms with Crippen LogP contribution in [0, 0.1) is 5.92 Å². The SMILES string of the molecule is COc1ccc(CN2CC[C@H](CNC(=O)c3ccc[nH]3)C2)cc1O. The van der Waals surface area contributed by atoms with Gasteiger partial charge in [-0.3, -0.25) is 9.69 Å². The van der Waals surface area contributed by atoms with Gasteiger partial charge in [0, 0.05) is 25.8 Å². The van der Waals surface area contributed by atoms with Gasteiger partial charge in [0.15, 0.2) is 11.5 Å². The first-order chi connectivity index (χ1) is 11.7. The van der Waals surface area contributed by atoms with E-state index in [0.717, 1.165) is 31.6 Å². The molecule has 1 aromatic heterocycles. The van der Waals surface area contributed by atoms with Crippen molar-refractivity contribution < 1.29 is 14.6 Å². The maximum absolute atomic E-state index is 11.9. The molecule has 0 spiro atoms. The first-order valence-corrected chi connectivity index (χ1v) is 8.15. The number of nitrogens with zero attached hydrogens (tertiary/aromatic N) is 1. The predicted octanol–water partition coefficient (Wildman–Crippen LogP) is 1.98. The smallest absolute Gasteiger partial charge is 0.267 e. The van der Waals surface area contributed by atoms with Gasteiger partial charge >= 0.3 is 0 Å². The lowest BCUT2D eigenvalue weighted by molar-refractivity contribution is 0.0943. The molecule has 1 saturated heterocycles. The van der Waals surface area contributed by atoms with Gasteiger partial charge in [-0.25, -0.2) is 0 Å². The van der Waals surface area contributed by atoms with Crippen molar-refractivity contribution in [3.63, 3.8) is 0 Å². The van der Waals surface area contributed by atoms with E-state index in [1.165, 1.54) is 0 Å². The molecule has 1 amide bonds. The summed E-state index contributed by atoms with van der Waals surface area (Å²) in [6.07, 6.45) is 2.81. The summed E-state index contributed by atoms with van der Waals surface area (Å²) in [4.78, 5) is 17.2. The van der Waals surface area contributed by atoms with E-state index in [2.05, 4.69) is 15.2 Å². The van der Waals surface area contributed by atoms with Gasteiger partial charge in [-0.1, -0.05) is 6.07 Å². The normalized spacial score (nSPS) is 17.8. The average Bonchev–Trinajstić information content (AvgIpc) is 3.25. The lowest BCUT2D eigenvalue weighted by atomic mass is 10.1. The van der Waals surface area contributed by atoms with E-state index in [-0.39, 0.29) is 11.7 Å². The number of carbonyl (C=O) groups excluding carboxylic acids is 1. The topological polar surface area (TPSA) is 77.6 Å². The van der Waals surface area contributed by atoms with Gasteiger partial charge in [-0.05, 0) is 48.7 Å². The van der Waals surface area contributed by atoms with Gasteiger partial charge < -0.3 is 20.1 Å². The molecule has 0 radical (unpaired) electrons. The molecule has 1 aliphatic rings. The number of aromatic hydroxyl groups is 1. The number of rotatable bonds is 6. The van der Waals surface area contributed by atoms with Gasteiger partial charge in [0.25, 0.3) is 5.91 Å². The molecular formula is C18H23N3O3. The zero-order valence-corrected chi connectivity index (χ0v) is 13.8. The fourth-order valence-corrected chi connectivity index (χ4v) is 3.12. The van der Waals surface area contributed by atoms with Crippen LogP contribution in [0.15, 0.2) is 36.5 Å². The van der Waals surface area contributed by atoms with Crippen molar-refractivity contribution in [1.29, 1.82) is 0 Å². The number of hydrogen-bond donors (Lipinski definition) is 3. The summed E-state index contributed by atoms with van der Waals surface area (Å²) in [6, 6.07) is 9.09. The van der Waals surface area contributed by atoms with Crippen LogP contribution in [0.4, 0.5) is 0 Å². The molecule has 3 N–H and O–H groups in total. The van der Waals surface area contributed by atoms with Crippen LogP contribution in [0.5, 0.6) is 11.5 Å². The third-order valence-corrected chi connectivity index (χ3v) is 4.41. The largest absolute Gasteiger partial charge is 0.504 e. The Balaban J connectivity index is 1.47. The molecule has 6 heteroatoms. The maximum Gasteiger partial charge on any atom is 0.267 e. The van der Waals surface area contributed by atoms with Crippen molar-refractivity contribution in [2.24, 2.45) is 5.92 Å². The number of aromatic nitrogens is 1. The lowest BCUT2D eigenvalue weighted by Crippen LogP contribution is -2.31. The van der Waals surface area contributed by atoms with E-state index in [1.807, 2.05) is 12.1 Å². The Kier molecular flexibility index (Phi) is 5.05. The first kappa shape index (κ1) is 16.4. The molecular weight excluding hydrogens is 306 g/mol. The zero-order chi connectivity index (χ0) is 16.9. The van der Waals surface area contributed by atoms with E-state index in [4.69, 9.17) is 4.74 Å². The molecule has 6 nitrogen and oxygen atoms in total. The average molecular weight is 329 g/mol. The number of carbonyl (C=O) groups is 1. The number of ether oxygens (including phenoxy) is 1. The molecule has 24 heavy (non-hydrogen) atoms. The molecule has 1 fully saturated rings. The Morgan fingerprint density at radius 1 is 1.46 bits per heavy atom. The van der Waals surface area contributed by atoms with Gasteiger partial charge in [0.2, 0.25) is 0 Å². The Hall–Kier alpha value is -2.47. The number of phenolic OH excluding ortho intramolecular Hbond substituents is 1. The number of amides is 1. The van der Waals surface area contributed by atoms with Crippen LogP contribution in [0.2, 0.25) is 0 Å². The third-order valence-electron chi connectivity index (χ3n) is 4.41. The highest BCUT2D eigenvalue weighted by atomic mass is 16.5. The first-order valence-electron chi connectivity index (χ1n) is 8.15. The fourth-order valence-electron chi connectivity index (χ4n) is 3.12. The van der Waals surface area contributed by atoms with E-state index in [0.29, 0.717) is 23.9 Å². The molecule has 1 atom stereocenters. The second-order valence-corrected chi connectivity index (χ2v) is 6.19. The minimum atomic E-state index is -0.0569. The monoisotopic (exact) mass is 329 g/mol. The number of hydrogen-bond acceptors (Lipinski definition) is 4. The van der Waals surface area contributed by atoms with Gasteiger partial charge in [-0.15, -0.1) is 0 Å². The summed E-state index contributed by atoms with van der Waals surface area (Å²) in [7, 11) is 1.54. The standard InChI is InChI=1S/C18H23N3O3/c1-24-17-5-4-13(9-16(17)22)11-21-8-6-14(12-21)10-20-18(23)15-3-2-7-19-15/h2-5,7,9,14,19,22H,6,8,10-12H2,1H3,(H,20,23)/t14-/m1/s1. The molecule has 2 heterocycles. The zero-order valence-electron chi connectivity index (χ0n) is 13.8. The summed E-state index contributed by atoms with van der Waals surface area (Å²) < 4.78 is 5.07. The quantitative estimate of drug-likeness (QED) is 0.757. The molecule has 3 rings (SSSR count). The van der Waals surface area contributed by atoms with Crippen LogP contribution in [-0.4, -0.2) is 47.6 Å².